The summed E-state index contributed by atoms with van der Waals surface area (Å²) in [4.78, 5) is 2.47. The van der Waals surface area contributed by atoms with Gasteiger partial charge in [-0.3, -0.25) is 0 Å². The summed E-state index contributed by atoms with van der Waals surface area (Å²) in [6, 6.07) is 8.86. The lowest BCUT2D eigenvalue weighted by atomic mass is 10.2. The number of nitrogens with zero attached hydrogens (tertiary/aromatic N) is 1. The van der Waals surface area contributed by atoms with Gasteiger partial charge in [-0.1, -0.05) is 35.0 Å². The average Bonchev–Trinajstić information content (AvgIpc) is 2.65. The molecule has 76 valence electrons. The Morgan fingerprint density at radius 1 is 1.36 bits per heavy atom. The summed E-state index contributed by atoms with van der Waals surface area (Å²) in [5, 5.41) is 0.948. The Labute approximate surface area is 94.2 Å². The quantitative estimate of drug-likeness (QED) is 0.731. The van der Waals surface area contributed by atoms with Crippen molar-refractivity contribution < 1.29 is 0 Å². The maximum atomic E-state index is 3.46. The molecule has 1 heterocycles. The molecule has 0 spiro atoms. The first-order valence-corrected chi connectivity index (χ1v) is 6.31. The van der Waals surface area contributed by atoms with Crippen molar-refractivity contribution in [3.8, 4) is 0 Å². The zero-order valence-electron chi connectivity index (χ0n) is 8.54. The Bertz CT molecular complexity index is 294. The number of halogens is 1. The summed E-state index contributed by atoms with van der Waals surface area (Å²) in [7, 11) is 0. The van der Waals surface area contributed by atoms with Gasteiger partial charge in [0.05, 0.1) is 0 Å². The normalized spacial score (nSPS) is 21.6. The van der Waals surface area contributed by atoms with Crippen LogP contribution in [-0.2, 0) is 5.33 Å². The fourth-order valence-electron chi connectivity index (χ4n) is 1.97. The van der Waals surface area contributed by atoms with Gasteiger partial charge < -0.3 is 4.90 Å². The predicted octanol–water partition coefficient (Wildman–Crippen LogP) is 3.43. The highest BCUT2D eigenvalue weighted by molar-refractivity contribution is 9.08. The molecule has 1 atom stereocenters. The van der Waals surface area contributed by atoms with Crippen molar-refractivity contribution in [2.45, 2.75) is 18.7 Å². The van der Waals surface area contributed by atoms with Crippen LogP contribution >= 0.6 is 15.9 Å². The molecule has 1 nitrogen and oxygen atoms in total. The molecule has 2 rings (SSSR count). The Morgan fingerprint density at radius 3 is 2.57 bits per heavy atom. The van der Waals surface area contributed by atoms with Crippen LogP contribution in [0, 0.1) is 5.92 Å². The van der Waals surface area contributed by atoms with Crippen LogP contribution in [0.3, 0.4) is 0 Å². The Balaban J connectivity index is 2.09. The Kier molecular flexibility index (Phi) is 3.12. The molecule has 0 N–H and O–H groups in total. The first-order valence-electron chi connectivity index (χ1n) is 5.19. The van der Waals surface area contributed by atoms with Gasteiger partial charge in [0.15, 0.2) is 0 Å². The second kappa shape index (κ2) is 4.35. The molecule has 0 aromatic heterocycles. The molecule has 1 fully saturated rings. The zero-order valence-corrected chi connectivity index (χ0v) is 10.1. The molecule has 0 aliphatic carbocycles. The molecule has 1 unspecified atom stereocenters. The van der Waals surface area contributed by atoms with E-state index >= 15 is 0 Å². The van der Waals surface area contributed by atoms with Gasteiger partial charge in [-0.25, -0.2) is 0 Å². The van der Waals surface area contributed by atoms with Crippen molar-refractivity contribution in [2.24, 2.45) is 5.92 Å². The highest BCUT2D eigenvalue weighted by Gasteiger charge is 2.18. The SMILES string of the molecule is CC1CCN(c2ccc(CBr)cc2)C1. The van der Waals surface area contributed by atoms with Gasteiger partial charge in [0, 0.05) is 24.1 Å². The fraction of sp³-hybridized carbons (Fsp3) is 0.500. The molecule has 0 amide bonds. The van der Waals surface area contributed by atoms with E-state index in [-0.39, 0.29) is 0 Å². The van der Waals surface area contributed by atoms with E-state index in [0.717, 1.165) is 11.2 Å². The number of hydrogen-bond donors (Lipinski definition) is 0. The van der Waals surface area contributed by atoms with Crippen LogP contribution in [0.5, 0.6) is 0 Å². The van der Waals surface area contributed by atoms with E-state index in [9.17, 15) is 0 Å². The van der Waals surface area contributed by atoms with Crippen LogP contribution in [0.2, 0.25) is 0 Å². The molecule has 0 saturated carbocycles. The molecular formula is C12H16BrN. The third-order valence-electron chi connectivity index (χ3n) is 2.88. The highest BCUT2D eigenvalue weighted by Crippen LogP contribution is 2.23. The lowest BCUT2D eigenvalue weighted by Gasteiger charge is -2.18. The third kappa shape index (κ3) is 2.11. The monoisotopic (exact) mass is 253 g/mol. The minimum absolute atomic E-state index is 0.853. The van der Waals surface area contributed by atoms with Gasteiger partial charge in [0.25, 0.3) is 0 Å². The van der Waals surface area contributed by atoms with Gasteiger partial charge in [-0.15, -0.1) is 0 Å². The van der Waals surface area contributed by atoms with Crippen LogP contribution in [0.25, 0.3) is 0 Å². The van der Waals surface area contributed by atoms with Gasteiger partial charge >= 0.3 is 0 Å². The highest BCUT2D eigenvalue weighted by atomic mass is 79.9. The zero-order chi connectivity index (χ0) is 9.97. The van der Waals surface area contributed by atoms with Gasteiger partial charge in [-0.2, -0.15) is 0 Å². The number of rotatable bonds is 2. The molecule has 0 bridgehead atoms. The molecule has 1 aromatic rings. The number of benzene rings is 1. The number of anilines is 1. The smallest absolute Gasteiger partial charge is 0.0366 e. The maximum absolute atomic E-state index is 3.46. The molecule has 2 heteroatoms. The number of hydrogen-bond acceptors (Lipinski definition) is 1. The third-order valence-corrected chi connectivity index (χ3v) is 3.53. The van der Waals surface area contributed by atoms with Crippen LogP contribution in [0.4, 0.5) is 5.69 Å². The van der Waals surface area contributed by atoms with Crippen LogP contribution < -0.4 is 4.90 Å². The van der Waals surface area contributed by atoms with Crippen molar-refractivity contribution in [2.75, 3.05) is 18.0 Å². The summed E-state index contributed by atoms with van der Waals surface area (Å²) < 4.78 is 0. The average molecular weight is 254 g/mol. The molecule has 1 aliphatic heterocycles. The van der Waals surface area contributed by atoms with E-state index in [2.05, 4.69) is 52.0 Å². The second-order valence-corrected chi connectivity index (χ2v) is 4.70. The van der Waals surface area contributed by atoms with Crippen molar-refractivity contribution in [1.29, 1.82) is 0 Å². The van der Waals surface area contributed by atoms with Crippen molar-refractivity contribution in [1.82, 2.24) is 0 Å². The first-order chi connectivity index (χ1) is 6.79. The van der Waals surface area contributed by atoms with E-state index in [1.54, 1.807) is 0 Å². The van der Waals surface area contributed by atoms with Crippen molar-refractivity contribution >= 4 is 21.6 Å². The first kappa shape index (κ1) is 10.0. The topological polar surface area (TPSA) is 3.24 Å². The standard InChI is InChI=1S/C12H16BrN/c1-10-6-7-14(9-10)12-4-2-11(8-13)3-5-12/h2-5,10H,6-9H2,1H3. The molecule has 1 saturated heterocycles. The van der Waals surface area contributed by atoms with E-state index in [0.29, 0.717) is 0 Å². The summed E-state index contributed by atoms with van der Waals surface area (Å²) in [5.74, 6) is 0.853. The van der Waals surface area contributed by atoms with Crippen LogP contribution in [0.1, 0.15) is 18.9 Å². The Hall–Kier alpha value is -0.500. The lowest BCUT2D eigenvalue weighted by Crippen LogP contribution is -2.18. The fourth-order valence-corrected chi connectivity index (χ4v) is 2.34. The predicted molar refractivity (Wildman–Crippen MR) is 65.1 cm³/mol. The van der Waals surface area contributed by atoms with Crippen molar-refractivity contribution in [3.05, 3.63) is 29.8 Å². The second-order valence-electron chi connectivity index (χ2n) is 4.14. The van der Waals surface area contributed by atoms with E-state index in [4.69, 9.17) is 0 Å². The maximum Gasteiger partial charge on any atom is 0.0366 e. The van der Waals surface area contributed by atoms with E-state index in [1.807, 2.05) is 0 Å². The molecule has 1 aromatic carbocycles. The van der Waals surface area contributed by atoms with Crippen LogP contribution in [0.15, 0.2) is 24.3 Å². The molecule has 14 heavy (non-hydrogen) atoms. The van der Waals surface area contributed by atoms with Crippen LogP contribution in [-0.4, -0.2) is 13.1 Å². The van der Waals surface area contributed by atoms with Crippen molar-refractivity contribution in [3.63, 3.8) is 0 Å². The number of alkyl halides is 1. The van der Waals surface area contributed by atoms with Gasteiger partial charge in [0.1, 0.15) is 0 Å². The molecule has 1 aliphatic rings. The summed E-state index contributed by atoms with van der Waals surface area (Å²) >= 11 is 3.46. The van der Waals surface area contributed by atoms with E-state index in [1.165, 1.54) is 30.8 Å². The molecular weight excluding hydrogens is 238 g/mol. The Morgan fingerprint density at radius 2 is 2.07 bits per heavy atom. The summed E-state index contributed by atoms with van der Waals surface area (Å²) in [5.41, 5.74) is 2.72. The minimum Gasteiger partial charge on any atom is -0.371 e. The summed E-state index contributed by atoms with van der Waals surface area (Å²) in [6.07, 6.45) is 1.33. The minimum atomic E-state index is 0.853. The molecule has 0 radical (unpaired) electrons. The lowest BCUT2D eigenvalue weighted by molar-refractivity contribution is 0.659. The van der Waals surface area contributed by atoms with Gasteiger partial charge in [-0.05, 0) is 30.0 Å². The van der Waals surface area contributed by atoms with Gasteiger partial charge in [0.2, 0.25) is 0 Å². The summed E-state index contributed by atoms with van der Waals surface area (Å²) in [6.45, 7) is 4.76. The largest absolute Gasteiger partial charge is 0.371 e. The van der Waals surface area contributed by atoms with E-state index < -0.39 is 0 Å².